The van der Waals surface area contributed by atoms with E-state index in [1.54, 1.807) is 31.5 Å². The number of carbonyl (C=O) groups is 1. The van der Waals surface area contributed by atoms with Crippen LogP contribution in [0.1, 0.15) is 64.2 Å². The highest BCUT2D eigenvalue weighted by Gasteiger charge is 2.48. The molecule has 0 aliphatic carbocycles. The molecule has 218 valence electrons. The third kappa shape index (κ3) is 6.56. The lowest BCUT2D eigenvalue weighted by atomic mass is 9.93. The van der Waals surface area contributed by atoms with Crippen molar-refractivity contribution in [2.75, 3.05) is 24.6 Å². The summed E-state index contributed by atoms with van der Waals surface area (Å²) in [6, 6.07) is 4.82. The van der Waals surface area contributed by atoms with Crippen LogP contribution in [-0.2, 0) is 0 Å². The normalized spacial score (nSPS) is 21.4. The van der Waals surface area contributed by atoms with Crippen LogP contribution in [0, 0.1) is 11.3 Å². The predicted octanol–water partition coefficient (Wildman–Crippen LogP) is 5.27. The third-order valence-corrected chi connectivity index (χ3v) is 8.15. The Bertz CT molecular complexity index is 1300. The summed E-state index contributed by atoms with van der Waals surface area (Å²) >= 11 is 1.11. The van der Waals surface area contributed by atoms with E-state index in [9.17, 15) is 18.0 Å². The van der Waals surface area contributed by atoms with Crippen molar-refractivity contribution in [2.45, 2.75) is 65.6 Å². The molecule has 2 bridgehead atoms. The first-order valence-corrected chi connectivity index (χ1v) is 14.0. The molecule has 1 fully saturated rings. The number of hydrogen-bond acceptors (Lipinski definition) is 8. The molecule has 3 N–H and O–H groups in total. The van der Waals surface area contributed by atoms with Gasteiger partial charge in [-0.2, -0.15) is 13.2 Å². The van der Waals surface area contributed by atoms with Crippen LogP contribution in [-0.4, -0.2) is 58.3 Å². The number of alkyl halides is 3. The highest BCUT2D eigenvalue weighted by atomic mass is 32.2. The van der Waals surface area contributed by atoms with Crippen molar-refractivity contribution in [3.8, 4) is 11.7 Å². The molecule has 0 radical (unpaired) electrons. The molecule has 2 aliphatic heterocycles. The number of rotatable bonds is 4. The second-order valence-electron chi connectivity index (χ2n) is 11.6. The van der Waals surface area contributed by atoms with Crippen LogP contribution in [0.25, 0.3) is 5.82 Å². The Morgan fingerprint density at radius 1 is 1.27 bits per heavy atom. The van der Waals surface area contributed by atoms with Gasteiger partial charge in [0, 0.05) is 42.8 Å². The molecule has 1 atom stereocenters. The second-order valence-corrected chi connectivity index (χ2v) is 12.4. The molecule has 1 saturated heterocycles. The molecule has 2 aromatic heterocycles. The zero-order chi connectivity index (χ0) is 29.3. The minimum absolute atomic E-state index is 0.0491. The van der Waals surface area contributed by atoms with Crippen LogP contribution < -0.4 is 20.1 Å². The lowest BCUT2D eigenvalue weighted by molar-refractivity contribution is -0.219. The second kappa shape index (κ2) is 11.3. The highest BCUT2D eigenvalue weighted by molar-refractivity contribution is 8.02. The van der Waals surface area contributed by atoms with Gasteiger partial charge in [-0.1, -0.05) is 0 Å². The van der Waals surface area contributed by atoms with Gasteiger partial charge < -0.3 is 15.4 Å². The lowest BCUT2D eigenvalue weighted by Gasteiger charge is -2.34. The molecule has 1 amide bonds. The van der Waals surface area contributed by atoms with E-state index >= 15 is 0 Å². The van der Waals surface area contributed by atoms with Crippen molar-refractivity contribution in [3.63, 3.8) is 0 Å². The molecule has 0 spiro atoms. The first-order chi connectivity index (χ1) is 18.7. The van der Waals surface area contributed by atoms with Gasteiger partial charge in [0.2, 0.25) is 5.88 Å². The van der Waals surface area contributed by atoms with Crippen molar-refractivity contribution in [1.82, 2.24) is 19.5 Å². The maximum absolute atomic E-state index is 13.4. The van der Waals surface area contributed by atoms with Crippen molar-refractivity contribution >= 4 is 29.9 Å². The Balaban J connectivity index is 1.67. The zero-order valence-corrected chi connectivity index (χ0v) is 24.2. The highest BCUT2D eigenvalue weighted by Crippen LogP contribution is 2.40. The number of nitrogens with zero attached hydrogens (tertiary/aromatic N) is 5. The van der Waals surface area contributed by atoms with E-state index < -0.39 is 18.2 Å². The van der Waals surface area contributed by atoms with Gasteiger partial charge in [0.1, 0.15) is 12.4 Å². The molecule has 0 aromatic carbocycles. The van der Waals surface area contributed by atoms with Gasteiger partial charge >= 0.3 is 6.18 Å². The van der Waals surface area contributed by atoms with E-state index in [-0.39, 0.29) is 17.3 Å². The number of halogens is 3. The number of ether oxygens (including phenoxy) is 1. The predicted molar refractivity (Wildman–Crippen MR) is 151 cm³/mol. The number of amides is 1. The number of aliphatic imine (C=N–C) groups is 1. The summed E-state index contributed by atoms with van der Waals surface area (Å²) in [5.74, 6) is 1.04. The first-order valence-electron chi connectivity index (χ1n) is 13.2. The number of nitrogens with one attached hydrogen (secondary N) is 1. The Morgan fingerprint density at radius 3 is 2.73 bits per heavy atom. The average Bonchev–Trinajstić information content (AvgIpc) is 3.46. The number of allylic oxidation sites excluding steroid dienone is 2. The van der Waals surface area contributed by atoms with E-state index in [4.69, 9.17) is 15.5 Å². The molecule has 2 aliphatic rings. The SMILES string of the molecule is CC(N)=C1C=NCCCC2CN(c3nc(-n4ccc(OCC(C)(C)C(F)(F)F)n4)ccc3C(=O)NS1)C(C)(C)C2. The van der Waals surface area contributed by atoms with Crippen molar-refractivity contribution in [2.24, 2.45) is 22.1 Å². The largest absolute Gasteiger partial charge is 0.476 e. The van der Waals surface area contributed by atoms with Crippen molar-refractivity contribution < 1.29 is 22.7 Å². The lowest BCUT2D eigenvalue weighted by Crippen LogP contribution is -2.40. The Hall–Kier alpha value is -3.22. The van der Waals surface area contributed by atoms with Gasteiger partial charge in [-0.05, 0) is 83.9 Å². The number of fused-ring (bicyclic) bond motifs is 4. The summed E-state index contributed by atoms with van der Waals surface area (Å²) in [5.41, 5.74) is 4.66. The molecule has 2 aromatic rings. The monoisotopic (exact) mass is 579 g/mol. The Morgan fingerprint density at radius 2 is 2.02 bits per heavy atom. The van der Waals surface area contributed by atoms with Crippen molar-refractivity contribution in [1.29, 1.82) is 0 Å². The molecule has 13 heteroatoms. The molecule has 0 saturated carbocycles. The quantitative estimate of drug-likeness (QED) is 0.475. The van der Waals surface area contributed by atoms with Crippen LogP contribution in [0.5, 0.6) is 5.88 Å². The van der Waals surface area contributed by atoms with Crippen LogP contribution >= 0.6 is 11.9 Å². The minimum Gasteiger partial charge on any atom is -0.476 e. The van der Waals surface area contributed by atoms with Gasteiger partial charge in [0.25, 0.3) is 5.91 Å². The van der Waals surface area contributed by atoms with E-state index in [2.05, 4.69) is 33.6 Å². The maximum atomic E-state index is 13.4. The summed E-state index contributed by atoms with van der Waals surface area (Å²) in [6.07, 6.45) is 1.71. The number of carbonyl (C=O) groups excluding carboxylic acids is 1. The van der Waals surface area contributed by atoms with Gasteiger partial charge in [-0.3, -0.25) is 14.5 Å². The van der Waals surface area contributed by atoms with Gasteiger partial charge in [-0.25, -0.2) is 9.67 Å². The number of anilines is 1. The van der Waals surface area contributed by atoms with Crippen LogP contribution in [0.15, 0.2) is 40.0 Å². The fourth-order valence-corrected chi connectivity index (χ4v) is 5.33. The molecular weight excluding hydrogens is 543 g/mol. The van der Waals surface area contributed by atoms with Gasteiger partial charge in [-0.15, -0.1) is 5.10 Å². The van der Waals surface area contributed by atoms with Crippen LogP contribution in [0.3, 0.4) is 0 Å². The molecule has 4 heterocycles. The van der Waals surface area contributed by atoms with Crippen LogP contribution in [0.4, 0.5) is 19.0 Å². The maximum Gasteiger partial charge on any atom is 0.397 e. The zero-order valence-electron chi connectivity index (χ0n) is 23.4. The third-order valence-electron chi connectivity index (χ3n) is 7.22. The Kier molecular flexibility index (Phi) is 8.44. The summed E-state index contributed by atoms with van der Waals surface area (Å²) in [6.45, 7) is 9.01. The Labute approximate surface area is 236 Å². The van der Waals surface area contributed by atoms with Gasteiger partial charge in [0.15, 0.2) is 5.82 Å². The fraction of sp³-hybridized carbons (Fsp3) is 0.556. The molecule has 40 heavy (non-hydrogen) atoms. The summed E-state index contributed by atoms with van der Waals surface area (Å²) in [5, 5.41) is 4.29. The molecule has 1 unspecified atom stereocenters. The summed E-state index contributed by atoms with van der Waals surface area (Å²) in [7, 11) is 0. The molecule has 9 nitrogen and oxygen atoms in total. The number of hydrogen-bond donors (Lipinski definition) is 2. The molecular formula is C27H36F3N7O2S. The number of aromatic nitrogens is 3. The molecule has 4 rings (SSSR count). The van der Waals surface area contributed by atoms with Gasteiger partial charge in [0.05, 0.1) is 15.9 Å². The fourth-order valence-electron chi connectivity index (χ4n) is 4.73. The number of pyridine rings is 1. The standard InChI is InChI=1S/C27H36F3N7O2S/c1-17(31)20-14-32-11-6-7-18-13-26(4,5)36(15-18)23-19(24(38)35-40-20)8-9-21(33-23)37-12-10-22(34-37)39-16-25(2,3)27(28,29)30/h8-10,12,14,18H,6-7,11,13,15-16,31H2,1-5H3,(H,35,38). The first kappa shape index (κ1) is 29.8. The minimum atomic E-state index is -4.41. The summed E-state index contributed by atoms with van der Waals surface area (Å²) < 4.78 is 49.4. The number of nitrogens with two attached hydrogens (primary N) is 1. The average molecular weight is 580 g/mol. The van der Waals surface area contributed by atoms with E-state index in [0.717, 1.165) is 51.6 Å². The smallest absolute Gasteiger partial charge is 0.397 e. The topological polar surface area (TPSA) is 111 Å². The van der Waals surface area contributed by atoms with E-state index in [1.165, 1.54) is 10.7 Å². The van der Waals surface area contributed by atoms with Crippen LogP contribution in [0.2, 0.25) is 0 Å². The summed E-state index contributed by atoms with van der Waals surface area (Å²) in [4.78, 5) is 25.6. The van der Waals surface area contributed by atoms with E-state index in [0.29, 0.717) is 40.3 Å². The van der Waals surface area contributed by atoms with E-state index in [1.807, 2.05) is 0 Å². The van der Waals surface area contributed by atoms with Crippen molar-refractivity contribution in [3.05, 3.63) is 40.6 Å².